The summed E-state index contributed by atoms with van der Waals surface area (Å²) in [4.78, 5) is 26.9. The van der Waals surface area contributed by atoms with Crippen molar-refractivity contribution >= 4 is 27.6 Å². The van der Waals surface area contributed by atoms with Gasteiger partial charge in [0.25, 0.3) is 5.91 Å². The van der Waals surface area contributed by atoms with Gasteiger partial charge in [0.15, 0.2) is 18.1 Å². The molecule has 0 radical (unpaired) electrons. The Morgan fingerprint density at radius 2 is 1.82 bits per heavy atom. The number of nitrogens with one attached hydrogen (secondary N) is 1. The Kier molecular flexibility index (Phi) is 6.57. The monoisotopic (exact) mass is 474 g/mol. The average molecular weight is 475 g/mol. The lowest BCUT2D eigenvalue weighted by molar-refractivity contribution is -0.150. The van der Waals surface area contributed by atoms with E-state index in [4.69, 9.17) is 14.2 Å². The van der Waals surface area contributed by atoms with E-state index >= 15 is 0 Å². The van der Waals surface area contributed by atoms with Crippen LogP contribution in [0.3, 0.4) is 0 Å². The largest absolute Gasteiger partial charge is 0.486 e. The molecule has 1 N–H and O–H groups in total. The van der Waals surface area contributed by atoms with Crippen LogP contribution in [0.25, 0.3) is 0 Å². The van der Waals surface area contributed by atoms with Crippen LogP contribution in [-0.4, -0.2) is 52.7 Å². The first kappa shape index (κ1) is 23.1. The summed E-state index contributed by atoms with van der Waals surface area (Å²) in [6.45, 7) is 4.14. The van der Waals surface area contributed by atoms with Crippen molar-refractivity contribution in [1.82, 2.24) is 4.72 Å². The molecule has 10 heteroatoms. The van der Waals surface area contributed by atoms with Crippen molar-refractivity contribution in [3.05, 3.63) is 48.0 Å². The summed E-state index contributed by atoms with van der Waals surface area (Å²) < 4.78 is 44.4. The molecule has 2 heterocycles. The highest BCUT2D eigenvalue weighted by Gasteiger charge is 2.32. The molecule has 0 saturated carbocycles. The molecule has 4 rings (SSSR count). The number of para-hydroxylation sites is 1. The topological polar surface area (TPSA) is 111 Å². The molecule has 1 atom stereocenters. The molecule has 1 amide bonds. The SMILES string of the molecule is CC(C)C(NS(=O)(=O)c1ccc2c(c1)OCCO2)C(=O)OCC(=O)N1CCc2ccccc21. The molecule has 0 aromatic heterocycles. The first-order chi connectivity index (χ1) is 15.8. The van der Waals surface area contributed by atoms with Crippen LogP contribution in [0.15, 0.2) is 47.4 Å². The van der Waals surface area contributed by atoms with Crippen molar-refractivity contribution in [2.45, 2.75) is 31.2 Å². The first-order valence-electron chi connectivity index (χ1n) is 10.7. The number of rotatable bonds is 7. The van der Waals surface area contributed by atoms with E-state index < -0.39 is 34.6 Å². The molecule has 2 aliphatic rings. The van der Waals surface area contributed by atoms with Crippen LogP contribution in [-0.2, 0) is 30.8 Å². The maximum Gasteiger partial charge on any atom is 0.324 e. The third-order valence-electron chi connectivity index (χ3n) is 5.55. The number of anilines is 1. The molecule has 33 heavy (non-hydrogen) atoms. The number of carbonyl (C=O) groups is 2. The highest BCUT2D eigenvalue weighted by atomic mass is 32.2. The van der Waals surface area contributed by atoms with Gasteiger partial charge >= 0.3 is 5.97 Å². The van der Waals surface area contributed by atoms with E-state index in [0.717, 1.165) is 17.7 Å². The minimum absolute atomic E-state index is 0.0602. The Morgan fingerprint density at radius 1 is 1.09 bits per heavy atom. The zero-order valence-electron chi connectivity index (χ0n) is 18.4. The summed E-state index contributed by atoms with van der Waals surface area (Å²) >= 11 is 0. The summed E-state index contributed by atoms with van der Waals surface area (Å²) in [5, 5.41) is 0. The van der Waals surface area contributed by atoms with Crippen LogP contribution in [0.5, 0.6) is 11.5 Å². The molecule has 0 bridgehead atoms. The highest BCUT2D eigenvalue weighted by Crippen LogP contribution is 2.32. The fourth-order valence-electron chi connectivity index (χ4n) is 3.78. The predicted octanol–water partition coefficient (Wildman–Crippen LogP) is 1.89. The maximum atomic E-state index is 12.9. The van der Waals surface area contributed by atoms with E-state index in [1.165, 1.54) is 18.2 Å². The Morgan fingerprint density at radius 3 is 2.58 bits per heavy atom. The number of hydrogen-bond donors (Lipinski definition) is 1. The molecule has 0 fully saturated rings. The normalized spacial score (nSPS) is 15.8. The van der Waals surface area contributed by atoms with Crippen molar-refractivity contribution in [3.8, 4) is 11.5 Å². The lowest BCUT2D eigenvalue weighted by atomic mass is 10.1. The Balaban J connectivity index is 1.42. The predicted molar refractivity (Wildman–Crippen MR) is 120 cm³/mol. The van der Waals surface area contributed by atoms with Crippen LogP contribution in [0.4, 0.5) is 5.69 Å². The van der Waals surface area contributed by atoms with E-state index in [9.17, 15) is 18.0 Å². The standard InChI is InChI=1S/C23H26N2O7S/c1-15(2)22(24-33(28,29)17-7-8-19-20(13-17)31-12-11-30-19)23(27)32-14-21(26)25-10-9-16-5-3-4-6-18(16)25/h3-8,13,15,22,24H,9-12,14H2,1-2H3. The second-order valence-electron chi connectivity index (χ2n) is 8.18. The van der Waals surface area contributed by atoms with Gasteiger partial charge in [-0.25, -0.2) is 8.42 Å². The Hall–Kier alpha value is -3.11. The Labute approximate surface area is 192 Å². The quantitative estimate of drug-likeness (QED) is 0.610. The van der Waals surface area contributed by atoms with E-state index in [2.05, 4.69) is 4.72 Å². The lowest BCUT2D eigenvalue weighted by Crippen LogP contribution is -2.46. The second kappa shape index (κ2) is 9.40. The molecule has 2 aliphatic heterocycles. The van der Waals surface area contributed by atoms with E-state index in [-0.39, 0.29) is 10.8 Å². The second-order valence-corrected chi connectivity index (χ2v) is 9.89. The number of esters is 1. The van der Waals surface area contributed by atoms with Gasteiger partial charge in [-0.15, -0.1) is 0 Å². The lowest BCUT2D eigenvalue weighted by Gasteiger charge is -2.23. The van der Waals surface area contributed by atoms with Crippen molar-refractivity contribution < 1.29 is 32.2 Å². The van der Waals surface area contributed by atoms with Gasteiger partial charge in [-0.1, -0.05) is 32.0 Å². The molecule has 0 spiro atoms. The number of carbonyl (C=O) groups excluding carboxylic acids is 2. The molecule has 2 aromatic carbocycles. The van der Waals surface area contributed by atoms with Crippen molar-refractivity contribution in [1.29, 1.82) is 0 Å². The number of amides is 1. The fraction of sp³-hybridized carbons (Fsp3) is 0.391. The number of hydrogen-bond acceptors (Lipinski definition) is 7. The number of ether oxygens (including phenoxy) is 3. The summed E-state index contributed by atoms with van der Waals surface area (Å²) in [6, 6.07) is 10.6. The maximum absolute atomic E-state index is 12.9. The number of fused-ring (bicyclic) bond motifs is 2. The van der Waals surface area contributed by atoms with E-state index in [0.29, 0.717) is 31.3 Å². The molecule has 176 valence electrons. The van der Waals surface area contributed by atoms with Gasteiger partial charge in [0.2, 0.25) is 10.0 Å². The van der Waals surface area contributed by atoms with Gasteiger partial charge in [-0.3, -0.25) is 9.59 Å². The number of sulfonamides is 1. The summed E-state index contributed by atoms with van der Waals surface area (Å²) in [5.41, 5.74) is 1.86. The molecule has 0 aliphatic carbocycles. The third kappa shape index (κ3) is 4.96. The van der Waals surface area contributed by atoms with Crippen LogP contribution >= 0.6 is 0 Å². The number of nitrogens with zero attached hydrogens (tertiary/aromatic N) is 1. The van der Waals surface area contributed by atoms with Crippen molar-refractivity contribution in [2.75, 3.05) is 31.3 Å². The van der Waals surface area contributed by atoms with Gasteiger partial charge in [0.1, 0.15) is 19.3 Å². The first-order valence-corrected chi connectivity index (χ1v) is 12.2. The molecule has 9 nitrogen and oxygen atoms in total. The molecule has 0 saturated heterocycles. The number of benzene rings is 2. The van der Waals surface area contributed by atoms with Crippen LogP contribution in [0, 0.1) is 5.92 Å². The van der Waals surface area contributed by atoms with E-state index in [1.807, 2.05) is 24.3 Å². The van der Waals surface area contributed by atoms with Gasteiger partial charge in [0.05, 0.1) is 4.90 Å². The van der Waals surface area contributed by atoms with Crippen LogP contribution < -0.4 is 19.1 Å². The smallest absolute Gasteiger partial charge is 0.324 e. The van der Waals surface area contributed by atoms with Crippen LogP contribution in [0.1, 0.15) is 19.4 Å². The summed E-state index contributed by atoms with van der Waals surface area (Å²) in [7, 11) is -4.06. The summed E-state index contributed by atoms with van der Waals surface area (Å²) in [5.74, 6) is -0.796. The van der Waals surface area contributed by atoms with Crippen molar-refractivity contribution in [3.63, 3.8) is 0 Å². The van der Waals surface area contributed by atoms with E-state index in [1.54, 1.807) is 18.7 Å². The molecular formula is C23H26N2O7S. The highest BCUT2D eigenvalue weighted by molar-refractivity contribution is 7.89. The summed E-state index contributed by atoms with van der Waals surface area (Å²) in [6.07, 6.45) is 0.736. The third-order valence-corrected chi connectivity index (χ3v) is 6.99. The van der Waals surface area contributed by atoms with Crippen molar-refractivity contribution in [2.24, 2.45) is 5.92 Å². The zero-order valence-corrected chi connectivity index (χ0v) is 19.3. The average Bonchev–Trinajstić information content (AvgIpc) is 3.24. The minimum atomic E-state index is -4.06. The minimum Gasteiger partial charge on any atom is -0.486 e. The van der Waals surface area contributed by atoms with Crippen LogP contribution in [0.2, 0.25) is 0 Å². The molecular weight excluding hydrogens is 448 g/mol. The van der Waals surface area contributed by atoms with Gasteiger partial charge in [-0.2, -0.15) is 4.72 Å². The van der Waals surface area contributed by atoms with Gasteiger partial charge in [0, 0.05) is 18.3 Å². The molecule has 1 unspecified atom stereocenters. The fourth-order valence-corrected chi connectivity index (χ4v) is 5.13. The van der Waals surface area contributed by atoms with Gasteiger partial charge < -0.3 is 19.1 Å². The molecule has 2 aromatic rings. The zero-order chi connectivity index (χ0) is 23.6. The van der Waals surface area contributed by atoms with Gasteiger partial charge in [-0.05, 0) is 36.1 Å². The Bertz CT molecular complexity index is 1160.